The summed E-state index contributed by atoms with van der Waals surface area (Å²) in [5.41, 5.74) is 0.900. The highest BCUT2D eigenvalue weighted by molar-refractivity contribution is 7.18. The standard InChI is InChI=1S/C22H27N5O3S/c1-3-26(17-8-5-4-6-9-17)11-7-10-23-19(28)13-24-20(29)14-27-15-25-21-18(22(27)30)12-16(2)31-21/h4-6,8-9,12,15H,3,7,10-11,13-14H2,1-2H3,(H,23,28)(H,24,29). The number of nitrogens with one attached hydrogen (secondary N) is 2. The lowest BCUT2D eigenvalue weighted by Crippen LogP contribution is -2.40. The average Bonchev–Trinajstić information content (AvgIpc) is 3.16. The van der Waals surface area contributed by atoms with Crippen molar-refractivity contribution < 1.29 is 9.59 Å². The number of thiophene rings is 1. The molecule has 3 aromatic rings. The molecule has 31 heavy (non-hydrogen) atoms. The van der Waals surface area contributed by atoms with Crippen molar-refractivity contribution in [3.63, 3.8) is 0 Å². The van der Waals surface area contributed by atoms with Crippen LogP contribution in [0.2, 0.25) is 0 Å². The zero-order valence-corrected chi connectivity index (χ0v) is 18.6. The molecule has 0 bridgehead atoms. The number of aromatic nitrogens is 2. The lowest BCUT2D eigenvalue weighted by molar-refractivity contribution is -0.126. The summed E-state index contributed by atoms with van der Waals surface area (Å²) in [6.45, 7) is 5.94. The van der Waals surface area contributed by atoms with Crippen LogP contribution in [0.3, 0.4) is 0 Å². The minimum Gasteiger partial charge on any atom is -0.372 e. The molecular weight excluding hydrogens is 414 g/mol. The highest BCUT2D eigenvalue weighted by atomic mass is 32.1. The van der Waals surface area contributed by atoms with Crippen LogP contribution in [0.25, 0.3) is 10.2 Å². The van der Waals surface area contributed by atoms with Gasteiger partial charge in [0.05, 0.1) is 18.3 Å². The molecule has 0 aliphatic carbocycles. The molecule has 2 aromatic heterocycles. The fourth-order valence-electron chi connectivity index (χ4n) is 3.25. The number of benzene rings is 1. The summed E-state index contributed by atoms with van der Waals surface area (Å²) in [5, 5.41) is 5.87. The zero-order chi connectivity index (χ0) is 22.2. The van der Waals surface area contributed by atoms with E-state index in [0.29, 0.717) is 16.8 Å². The fraction of sp³-hybridized carbons (Fsp3) is 0.364. The van der Waals surface area contributed by atoms with Crippen molar-refractivity contribution in [3.05, 3.63) is 58.0 Å². The first-order chi connectivity index (χ1) is 15.0. The zero-order valence-electron chi connectivity index (χ0n) is 17.8. The van der Waals surface area contributed by atoms with Gasteiger partial charge in [-0.15, -0.1) is 11.3 Å². The van der Waals surface area contributed by atoms with Gasteiger partial charge in [-0.05, 0) is 38.5 Å². The predicted octanol–water partition coefficient (Wildman–Crippen LogP) is 1.92. The molecule has 0 radical (unpaired) electrons. The normalized spacial score (nSPS) is 10.8. The first-order valence-electron chi connectivity index (χ1n) is 10.3. The maximum absolute atomic E-state index is 12.4. The van der Waals surface area contributed by atoms with E-state index in [1.165, 1.54) is 22.2 Å². The molecule has 0 saturated carbocycles. The lowest BCUT2D eigenvalue weighted by atomic mass is 10.2. The second-order valence-corrected chi connectivity index (χ2v) is 8.38. The van der Waals surface area contributed by atoms with Crippen LogP contribution in [0.4, 0.5) is 5.69 Å². The SMILES string of the molecule is CCN(CCCNC(=O)CNC(=O)Cn1cnc2sc(C)cc2c1=O)c1ccccc1. The van der Waals surface area contributed by atoms with E-state index in [0.717, 1.165) is 30.1 Å². The van der Waals surface area contributed by atoms with Gasteiger partial charge in [0, 0.05) is 30.2 Å². The molecule has 2 amide bonds. The number of rotatable bonds is 10. The van der Waals surface area contributed by atoms with Crippen molar-refractivity contribution in [1.82, 2.24) is 20.2 Å². The van der Waals surface area contributed by atoms with E-state index < -0.39 is 5.91 Å². The number of hydrogen-bond acceptors (Lipinski definition) is 6. The van der Waals surface area contributed by atoms with Crippen molar-refractivity contribution in [2.75, 3.05) is 31.1 Å². The van der Waals surface area contributed by atoms with Gasteiger partial charge in [0.15, 0.2) is 0 Å². The van der Waals surface area contributed by atoms with Crippen LogP contribution in [0.15, 0.2) is 47.5 Å². The summed E-state index contributed by atoms with van der Waals surface area (Å²) in [6.07, 6.45) is 2.16. The summed E-state index contributed by atoms with van der Waals surface area (Å²) < 4.78 is 1.25. The van der Waals surface area contributed by atoms with Crippen molar-refractivity contribution in [2.24, 2.45) is 0 Å². The number of anilines is 1. The van der Waals surface area contributed by atoms with Crippen LogP contribution >= 0.6 is 11.3 Å². The van der Waals surface area contributed by atoms with Gasteiger partial charge in [0.1, 0.15) is 11.4 Å². The third-order valence-corrected chi connectivity index (χ3v) is 5.79. The van der Waals surface area contributed by atoms with E-state index in [9.17, 15) is 14.4 Å². The molecule has 2 heterocycles. The van der Waals surface area contributed by atoms with Crippen LogP contribution in [0.1, 0.15) is 18.2 Å². The molecular formula is C22H27N5O3S. The smallest absolute Gasteiger partial charge is 0.262 e. The summed E-state index contributed by atoms with van der Waals surface area (Å²) >= 11 is 1.44. The van der Waals surface area contributed by atoms with Crippen LogP contribution in [0, 0.1) is 6.92 Å². The Kier molecular flexibility index (Phi) is 7.77. The first kappa shape index (κ1) is 22.5. The quantitative estimate of drug-likeness (QED) is 0.469. The summed E-state index contributed by atoms with van der Waals surface area (Å²) in [7, 11) is 0. The van der Waals surface area contributed by atoms with E-state index >= 15 is 0 Å². The highest BCUT2D eigenvalue weighted by Gasteiger charge is 2.11. The predicted molar refractivity (Wildman–Crippen MR) is 124 cm³/mol. The van der Waals surface area contributed by atoms with Crippen LogP contribution < -0.4 is 21.1 Å². The van der Waals surface area contributed by atoms with Crippen molar-refractivity contribution in [1.29, 1.82) is 0 Å². The molecule has 2 N–H and O–H groups in total. The molecule has 0 aliphatic heterocycles. The average molecular weight is 442 g/mol. The van der Waals surface area contributed by atoms with E-state index in [1.807, 2.05) is 25.1 Å². The number of hydrogen-bond donors (Lipinski definition) is 2. The summed E-state index contributed by atoms with van der Waals surface area (Å²) in [5.74, 6) is -0.669. The Morgan fingerprint density at radius 2 is 1.94 bits per heavy atom. The van der Waals surface area contributed by atoms with Gasteiger partial charge >= 0.3 is 0 Å². The number of para-hydroxylation sites is 1. The monoisotopic (exact) mass is 441 g/mol. The fourth-order valence-corrected chi connectivity index (χ4v) is 4.09. The van der Waals surface area contributed by atoms with E-state index in [2.05, 4.69) is 39.6 Å². The molecule has 0 saturated heterocycles. The first-order valence-corrected chi connectivity index (χ1v) is 11.1. The second kappa shape index (κ2) is 10.7. The Hall–Kier alpha value is -3.20. The topological polar surface area (TPSA) is 96.3 Å². The molecule has 9 heteroatoms. The Morgan fingerprint density at radius 1 is 1.16 bits per heavy atom. The van der Waals surface area contributed by atoms with Gasteiger partial charge in [0.25, 0.3) is 5.56 Å². The van der Waals surface area contributed by atoms with E-state index in [4.69, 9.17) is 0 Å². The molecule has 0 aliphatic rings. The van der Waals surface area contributed by atoms with Gasteiger partial charge in [-0.2, -0.15) is 0 Å². The summed E-state index contributed by atoms with van der Waals surface area (Å²) in [4.78, 5) is 44.7. The maximum Gasteiger partial charge on any atom is 0.262 e. The highest BCUT2D eigenvalue weighted by Crippen LogP contribution is 2.19. The minimum absolute atomic E-state index is 0.128. The number of aryl methyl sites for hydroxylation is 1. The van der Waals surface area contributed by atoms with Crippen LogP contribution in [-0.2, 0) is 16.1 Å². The largest absolute Gasteiger partial charge is 0.372 e. The Morgan fingerprint density at radius 3 is 2.68 bits per heavy atom. The molecule has 0 spiro atoms. The van der Waals surface area contributed by atoms with Crippen LogP contribution in [-0.4, -0.2) is 47.5 Å². The third-order valence-electron chi connectivity index (χ3n) is 4.83. The third kappa shape index (κ3) is 6.14. The van der Waals surface area contributed by atoms with Gasteiger partial charge in [-0.1, -0.05) is 18.2 Å². The van der Waals surface area contributed by atoms with Gasteiger partial charge in [-0.3, -0.25) is 19.0 Å². The Bertz CT molecular complexity index is 1090. The van der Waals surface area contributed by atoms with Crippen molar-refractivity contribution >= 4 is 39.1 Å². The number of amides is 2. The second-order valence-electron chi connectivity index (χ2n) is 7.15. The number of nitrogens with zero attached hydrogens (tertiary/aromatic N) is 3. The molecule has 0 atom stereocenters. The Labute approximate surface area is 184 Å². The molecule has 0 fully saturated rings. The number of carbonyl (C=O) groups excluding carboxylic acids is 2. The van der Waals surface area contributed by atoms with Crippen molar-refractivity contribution in [2.45, 2.75) is 26.8 Å². The van der Waals surface area contributed by atoms with Gasteiger partial charge in [0.2, 0.25) is 11.8 Å². The molecule has 0 unspecified atom stereocenters. The van der Waals surface area contributed by atoms with Crippen LogP contribution in [0.5, 0.6) is 0 Å². The maximum atomic E-state index is 12.4. The Balaban J connectivity index is 1.39. The molecule has 164 valence electrons. The molecule has 3 rings (SSSR count). The molecule has 1 aromatic carbocycles. The van der Waals surface area contributed by atoms with Gasteiger partial charge < -0.3 is 15.5 Å². The molecule has 8 nitrogen and oxygen atoms in total. The number of carbonyl (C=O) groups is 2. The van der Waals surface area contributed by atoms with E-state index in [-0.39, 0.29) is 24.6 Å². The van der Waals surface area contributed by atoms with Gasteiger partial charge in [-0.25, -0.2) is 4.98 Å². The summed E-state index contributed by atoms with van der Waals surface area (Å²) in [6, 6.07) is 11.9. The number of fused-ring (bicyclic) bond motifs is 1. The van der Waals surface area contributed by atoms with E-state index in [1.54, 1.807) is 6.07 Å². The van der Waals surface area contributed by atoms with Crippen molar-refractivity contribution in [3.8, 4) is 0 Å². The minimum atomic E-state index is -0.411. The lowest BCUT2D eigenvalue weighted by Gasteiger charge is -2.23.